The molecular weight excluding hydrogens is 304 g/mol. The van der Waals surface area contributed by atoms with Crippen LogP contribution in [-0.4, -0.2) is 21.4 Å². The lowest BCUT2D eigenvalue weighted by molar-refractivity contribution is 0.0991. The van der Waals surface area contributed by atoms with E-state index in [9.17, 15) is 13.2 Å². The number of rotatable bonds is 4. The number of carbonyl (C=O) groups excluding carboxylic acids is 1. The molecule has 0 bridgehead atoms. The molecule has 8 heteroatoms. The molecule has 1 aromatic heterocycles. The quantitative estimate of drug-likeness (QED) is 0.904. The van der Waals surface area contributed by atoms with Gasteiger partial charge in [-0.15, -0.1) is 0 Å². The lowest BCUT2D eigenvalue weighted by Gasteiger charge is -2.03. The van der Waals surface area contributed by atoms with E-state index >= 15 is 0 Å². The van der Waals surface area contributed by atoms with Crippen LogP contribution in [0.4, 0.5) is 5.69 Å². The Hall–Kier alpha value is -1.83. The maximum atomic E-state index is 11.9. The van der Waals surface area contributed by atoms with Crippen molar-refractivity contribution in [2.24, 2.45) is 0 Å². The molecule has 0 atom stereocenters. The Bertz CT molecular complexity index is 739. The van der Waals surface area contributed by atoms with Crippen LogP contribution in [0.3, 0.4) is 0 Å². The molecule has 0 radical (unpaired) electrons. The third-order valence-corrected chi connectivity index (χ3v) is 3.94. The van der Waals surface area contributed by atoms with Crippen molar-refractivity contribution in [3.63, 3.8) is 0 Å². The highest BCUT2D eigenvalue weighted by Crippen LogP contribution is 2.18. The lowest BCUT2D eigenvalue weighted by atomic mass is 10.3. The SMILES string of the molecule is CNS(=O)(=O)c1ccc(C(=O)Nc2cccc(Cl)c2)o1. The molecule has 0 aliphatic carbocycles. The van der Waals surface area contributed by atoms with Crippen LogP contribution in [0.2, 0.25) is 5.02 Å². The van der Waals surface area contributed by atoms with Crippen molar-refractivity contribution in [3.05, 3.63) is 47.2 Å². The predicted octanol–water partition coefficient (Wildman–Crippen LogP) is 2.09. The summed E-state index contributed by atoms with van der Waals surface area (Å²) in [4.78, 5) is 11.9. The molecule has 6 nitrogen and oxygen atoms in total. The van der Waals surface area contributed by atoms with Gasteiger partial charge in [0.2, 0.25) is 5.09 Å². The fourth-order valence-electron chi connectivity index (χ4n) is 1.45. The van der Waals surface area contributed by atoms with Crippen LogP contribution in [0.5, 0.6) is 0 Å². The molecule has 0 saturated carbocycles. The van der Waals surface area contributed by atoms with E-state index < -0.39 is 15.9 Å². The molecule has 106 valence electrons. The van der Waals surface area contributed by atoms with Gasteiger partial charge >= 0.3 is 0 Å². The van der Waals surface area contributed by atoms with Gasteiger partial charge < -0.3 is 9.73 Å². The first-order valence-corrected chi connectivity index (χ1v) is 7.39. The smallest absolute Gasteiger partial charge is 0.291 e. The highest BCUT2D eigenvalue weighted by Gasteiger charge is 2.19. The summed E-state index contributed by atoms with van der Waals surface area (Å²) >= 11 is 5.79. The summed E-state index contributed by atoms with van der Waals surface area (Å²) < 4.78 is 30.1. The standard InChI is InChI=1S/C12H11ClN2O4S/c1-14-20(17,18)11-6-5-10(19-11)12(16)15-9-4-2-3-8(13)7-9/h2-7,14H,1H3,(H,15,16). The van der Waals surface area contributed by atoms with Crippen molar-refractivity contribution in [1.82, 2.24) is 4.72 Å². The van der Waals surface area contributed by atoms with Gasteiger partial charge in [-0.1, -0.05) is 17.7 Å². The van der Waals surface area contributed by atoms with Gasteiger partial charge in [-0.2, -0.15) is 0 Å². The Morgan fingerprint density at radius 3 is 2.65 bits per heavy atom. The number of sulfonamides is 1. The van der Waals surface area contributed by atoms with Crippen LogP contribution >= 0.6 is 11.6 Å². The highest BCUT2D eigenvalue weighted by atomic mass is 35.5. The number of anilines is 1. The van der Waals surface area contributed by atoms with Crippen molar-refractivity contribution < 1.29 is 17.6 Å². The molecule has 2 rings (SSSR count). The fraction of sp³-hybridized carbons (Fsp3) is 0.0833. The van der Waals surface area contributed by atoms with Gasteiger partial charge in [-0.3, -0.25) is 4.79 Å². The van der Waals surface area contributed by atoms with Crippen LogP contribution in [0, 0.1) is 0 Å². The number of hydrogen-bond donors (Lipinski definition) is 2. The van der Waals surface area contributed by atoms with Gasteiger partial charge in [0.1, 0.15) is 0 Å². The van der Waals surface area contributed by atoms with E-state index in [1.54, 1.807) is 24.3 Å². The number of halogens is 1. The van der Waals surface area contributed by atoms with E-state index in [0.717, 1.165) is 0 Å². The van der Waals surface area contributed by atoms with E-state index in [-0.39, 0.29) is 10.9 Å². The Labute approximate surface area is 120 Å². The van der Waals surface area contributed by atoms with E-state index in [0.29, 0.717) is 10.7 Å². The molecule has 1 aromatic carbocycles. The molecule has 0 fully saturated rings. The first-order valence-electron chi connectivity index (χ1n) is 5.52. The molecule has 2 aromatic rings. The number of hydrogen-bond acceptors (Lipinski definition) is 4. The van der Waals surface area contributed by atoms with Gasteiger partial charge in [0.05, 0.1) is 0 Å². The molecule has 20 heavy (non-hydrogen) atoms. The topological polar surface area (TPSA) is 88.4 Å². The number of amides is 1. The number of furan rings is 1. The minimum absolute atomic E-state index is 0.112. The first-order chi connectivity index (χ1) is 9.42. The Morgan fingerprint density at radius 2 is 2.00 bits per heavy atom. The van der Waals surface area contributed by atoms with Crippen molar-refractivity contribution >= 4 is 33.2 Å². The summed E-state index contributed by atoms with van der Waals surface area (Å²) in [6, 6.07) is 9.05. The normalized spacial score (nSPS) is 11.3. The second-order valence-electron chi connectivity index (χ2n) is 3.79. The molecule has 0 aliphatic heterocycles. The Kier molecular flexibility index (Phi) is 4.12. The molecule has 0 saturated heterocycles. The molecule has 0 aliphatic rings. The minimum atomic E-state index is -3.71. The summed E-state index contributed by atoms with van der Waals surface area (Å²) in [6.07, 6.45) is 0. The molecule has 2 N–H and O–H groups in total. The molecule has 0 unspecified atom stereocenters. The van der Waals surface area contributed by atoms with Crippen LogP contribution in [0.25, 0.3) is 0 Å². The van der Waals surface area contributed by atoms with Crippen molar-refractivity contribution in [2.75, 3.05) is 12.4 Å². The van der Waals surface area contributed by atoms with Crippen molar-refractivity contribution in [3.8, 4) is 0 Å². The van der Waals surface area contributed by atoms with Gasteiger partial charge in [0.25, 0.3) is 15.9 Å². The lowest BCUT2D eigenvalue weighted by Crippen LogP contribution is -2.18. The zero-order valence-corrected chi connectivity index (χ0v) is 12.0. The minimum Gasteiger partial charge on any atom is -0.438 e. The van der Waals surface area contributed by atoms with E-state index in [4.69, 9.17) is 16.0 Å². The van der Waals surface area contributed by atoms with Crippen molar-refractivity contribution in [1.29, 1.82) is 0 Å². The highest BCUT2D eigenvalue weighted by molar-refractivity contribution is 7.89. The average molecular weight is 315 g/mol. The van der Waals surface area contributed by atoms with Gasteiger partial charge in [0.15, 0.2) is 5.76 Å². The van der Waals surface area contributed by atoms with Crippen LogP contribution < -0.4 is 10.0 Å². The second-order valence-corrected chi connectivity index (χ2v) is 6.04. The van der Waals surface area contributed by atoms with Gasteiger partial charge in [-0.05, 0) is 37.4 Å². The van der Waals surface area contributed by atoms with Crippen LogP contribution in [0.15, 0.2) is 45.9 Å². The van der Waals surface area contributed by atoms with Crippen molar-refractivity contribution in [2.45, 2.75) is 5.09 Å². The van der Waals surface area contributed by atoms with Gasteiger partial charge in [0, 0.05) is 10.7 Å². The zero-order valence-electron chi connectivity index (χ0n) is 10.4. The maximum absolute atomic E-state index is 11.9. The van der Waals surface area contributed by atoms with E-state index in [1.165, 1.54) is 19.2 Å². The van der Waals surface area contributed by atoms with E-state index in [2.05, 4.69) is 10.0 Å². The number of nitrogens with one attached hydrogen (secondary N) is 2. The average Bonchev–Trinajstić information content (AvgIpc) is 2.89. The summed E-state index contributed by atoms with van der Waals surface area (Å²) in [5.41, 5.74) is 0.483. The number of benzene rings is 1. The fourth-order valence-corrected chi connectivity index (χ4v) is 2.28. The maximum Gasteiger partial charge on any atom is 0.291 e. The monoisotopic (exact) mass is 314 g/mol. The second kappa shape index (κ2) is 5.66. The number of carbonyl (C=O) groups is 1. The largest absolute Gasteiger partial charge is 0.438 e. The Balaban J connectivity index is 2.19. The molecular formula is C12H11ClN2O4S. The first kappa shape index (κ1) is 14.6. The molecule has 0 spiro atoms. The summed E-state index contributed by atoms with van der Waals surface area (Å²) in [5.74, 6) is -0.677. The zero-order chi connectivity index (χ0) is 14.8. The third-order valence-electron chi connectivity index (χ3n) is 2.42. The summed E-state index contributed by atoms with van der Waals surface area (Å²) in [5, 5.41) is 2.70. The molecule has 1 heterocycles. The van der Waals surface area contributed by atoms with E-state index in [1.807, 2.05) is 0 Å². The Morgan fingerprint density at radius 1 is 1.25 bits per heavy atom. The van der Waals surface area contributed by atoms with Gasteiger partial charge in [-0.25, -0.2) is 13.1 Å². The van der Waals surface area contributed by atoms with Crippen LogP contribution in [-0.2, 0) is 10.0 Å². The summed E-state index contributed by atoms with van der Waals surface area (Å²) in [7, 11) is -2.45. The summed E-state index contributed by atoms with van der Waals surface area (Å²) in [6.45, 7) is 0. The van der Waals surface area contributed by atoms with Crippen LogP contribution in [0.1, 0.15) is 10.6 Å². The predicted molar refractivity (Wildman–Crippen MR) is 74.4 cm³/mol. The molecule has 1 amide bonds. The third kappa shape index (κ3) is 3.19.